The molecule has 4 heterocycles. The summed E-state index contributed by atoms with van der Waals surface area (Å²) in [6.07, 6.45) is 3.75. The summed E-state index contributed by atoms with van der Waals surface area (Å²) in [7, 11) is 0. The van der Waals surface area contributed by atoms with Crippen LogP contribution in [0.1, 0.15) is 31.9 Å². The van der Waals surface area contributed by atoms with E-state index in [1.807, 2.05) is 54.7 Å². The largest absolute Gasteiger partial charge is 0.499 e. The van der Waals surface area contributed by atoms with Crippen LogP contribution in [0.15, 0.2) is 101 Å². The Morgan fingerprint density at radius 2 is 1.62 bits per heavy atom. The first-order valence-electron chi connectivity index (χ1n) is 13.0. The van der Waals surface area contributed by atoms with Crippen molar-refractivity contribution in [3.8, 4) is 22.5 Å². The van der Waals surface area contributed by atoms with Crippen LogP contribution in [0.2, 0.25) is 0 Å². The van der Waals surface area contributed by atoms with Gasteiger partial charge in [0.1, 0.15) is 5.58 Å². The maximum absolute atomic E-state index is 6.40. The summed E-state index contributed by atoms with van der Waals surface area (Å²) in [6, 6.07) is 32.9. The van der Waals surface area contributed by atoms with E-state index in [9.17, 15) is 0 Å². The van der Waals surface area contributed by atoms with Crippen molar-refractivity contribution < 1.29 is 24.5 Å². The Hall–Kier alpha value is -3.63. The van der Waals surface area contributed by atoms with Crippen LogP contribution in [0.4, 0.5) is 0 Å². The molecule has 0 spiro atoms. The molecule has 0 bridgehead atoms. The maximum atomic E-state index is 6.40. The van der Waals surface area contributed by atoms with Crippen molar-refractivity contribution in [2.75, 3.05) is 0 Å². The van der Waals surface area contributed by atoms with Gasteiger partial charge in [0.15, 0.2) is 0 Å². The van der Waals surface area contributed by atoms with E-state index in [1.54, 1.807) is 17.5 Å². The monoisotopic (exact) mass is 717 g/mol. The fraction of sp³-hybridized carbons (Fsp3) is 0.143. The maximum Gasteiger partial charge on any atom is 0.138 e. The zero-order chi connectivity index (χ0) is 27.0. The van der Waals surface area contributed by atoms with Crippen LogP contribution in [0.25, 0.3) is 54.5 Å². The third-order valence-corrected chi connectivity index (χ3v) is 7.77. The molecule has 5 heteroatoms. The van der Waals surface area contributed by atoms with E-state index < -0.39 is 0 Å². The zero-order valence-electron chi connectivity index (χ0n) is 22.8. The smallest absolute Gasteiger partial charge is 0.138 e. The second kappa shape index (κ2) is 11.5. The van der Waals surface area contributed by atoms with Crippen LogP contribution < -0.4 is 0 Å². The molecule has 7 aromatic rings. The zero-order valence-corrected chi connectivity index (χ0v) is 26.0. The Morgan fingerprint density at radius 3 is 2.38 bits per heavy atom. The van der Waals surface area contributed by atoms with Crippen molar-refractivity contribution in [1.82, 2.24) is 9.97 Å². The Kier molecular flexibility index (Phi) is 8.00. The fourth-order valence-corrected chi connectivity index (χ4v) is 5.84. The molecule has 0 aliphatic heterocycles. The van der Waals surface area contributed by atoms with Gasteiger partial charge < -0.3 is 14.4 Å². The quantitative estimate of drug-likeness (QED) is 0.167. The summed E-state index contributed by atoms with van der Waals surface area (Å²) in [5.41, 5.74) is 8.25. The molecule has 0 saturated heterocycles. The van der Waals surface area contributed by atoms with Crippen molar-refractivity contribution in [1.29, 1.82) is 0 Å². The summed E-state index contributed by atoms with van der Waals surface area (Å²) in [5.74, 6) is 0. The summed E-state index contributed by atoms with van der Waals surface area (Å²) in [4.78, 5) is 8.92. The number of fused-ring (bicyclic) bond motifs is 5. The van der Waals surface area contributed by atoms with Gasteiger partial charge in [0.25, 0.3) is 0 Å². The molecule has 7 rings (SSSR count). The third kappa shape index (κ3) is 5.38. The van der Waals surface area contributed by atoms with Gasteiger partial charge in [-0.3, -0.25) is 0 Å². The number of hydrogen-bond acceptors (Lipinski definition) is 4. The molecule has 4 aromatic heterocycles. The topological polar surface area (TPSA) is 38.9 Å². The van der Waals surface area contributed by atoms with Crippen LogP contribution in [-0.4, -0.2) is 9.97 Å². The molecular formula is C35H28IrN2OS-2. The first-order chi connectivity index (χ1) is 18.9. The molecule has 0 N–H and O–H groups in total. The fourth-order valence-electron chi connectivity index (χ4n) is 4.96. The van der Waals surface area contributed by atoms with Crippen molar-refractivity contribution in [3.63, 3.8) is 0 Å². The predicted octanol–water partition coefficient (Wildman–Crippen LogP) is 9.82. The molecule has 3 aromatic carbocycles. The van der Waals surface area contributed by atoms with Gasteiger partial charge in [0, 0.05) is 37.9 Å². The number of pyridine rings is 2. The van der Waals surface area contributed by atoms with Crippen LogP contribution in [0.3, 0.4) is 0 Å². The number of aromatic nitrogens is 2. The first kappa shape index (κ1) is 27.9. The van der Waals surface area contributed by atoms with E-state index in [-0.39, 0.29) is 25.5 Å². The molecule has 0 amide bonds. The third-order valence-electron chi connectivity index (χ3n) is 6.84. The van der Waals surface area contributed by atoms with Gasteiger partial charge in [-0.25, -0.2) is 0 Å². The van der Waals surface area contributed by atoms with Crippen molar-refractivity contribution >= 4 is 43.4 Å². The first-order valence-corrected chi connectivity index (χ1v) is 13.9. The van der Waals surface area contributed by atoms with Crippen LogP contribution >= 0.6 is 11.3 Å². The van der Waals surface area contributed by atoms with Crippen LogP contribution in [0, 0.1) is 19.1 Å². The molecular weight excluding hydrogens is 689 g/mol. The van der Waals surface area contributed by atoms with E-state index in [2.05, 4.69) is 80.5 Å². The number of nitrogens with zero attached hydrogens (tertiary/aromatic N) is 2. The number of hydrogen-bond donors (Lipinski definition) is 0. The molecule has 1 radical (unpaired) electrons. The predicted molar refractivity (Wildman–Crippen MR) is 163 cm³/mol. The normalized spacial score (nSPS) is 11.3. The van der Waals surface area contributed by atoms with Crippen LogP contribution in [0.5, 0.6) is 0 Å². The molecule has 0 fully saturated rings. The second-order valence-electron chi connectivity index (χ2n) is 10.6. The molecule has 0 saturated carbocycles. The Morgan fingerprint density at radius 1 is 0.800 bits per heavy atom. The number of benzene rings is 3. The molecule has 0 aliphatic carbocycles. The summed E-state index contributed by atoms with van der Waals surface area (Å²) < 4.78 is 7.60. The van der Waals surface area contributed by atoms with Gasteiger partial charge in [0.2, 0.25) is 0 Å². The average molecular weight is 717 g/mol. The van der Waals surface area contributed by atoms with Gasteiger partial charge in [-0.2, -0.15) is 0 Å². The minimum atomic E-state index is 0. The standard InChI is InChI=1S/C24H20NOS.C11H8N.Ir/c1-14-13-25-20(12-19(14)24(2,3)4)18-7-5-6-16-17-9-8-15-10-11-27-23(15)22(17)26-21(16)18;1-2-6-10(7-3-1)11-8-4-5-9-12-11;/h5-6,8-13H,1-4H3;1-6,8-9H;/q2*-1;. The van der Waals surface area contributed by atoms with Gasteiger partial charge >= 0.3 is 0 Å². The minimum Gasteiger partial charge on any atom is -0.499 e. The molecule has 0 unspecified atom stereocenters. The number of furan rings is 1. The van der Waals surface area contributed by atoms with Gasteiger partial charge in [-0.05, 0) is 57.8 Å². The molecule has 201 valence electrons. The second-order valence-corrected chi connectivity index (χ2v) is 11.5. The van der Waals surface area contributed by atoms with E-state index in [1.165, 1.54) is 21.2 Å². The molecule has 0 atom stereocenters. The Bertz CT molecular complexity index is 1860. The van der Waals surface area contributed by atoms with Gasteiger partial charge in [-0.1, -0.05) is 62.1 Å². The number of rotatable bonds is 2. The average Bonchev–Trinajstić information content (AvgIpc) is 3.59. The summed E-state index contributed by atoms with van der Waals surface area (Å²) in [5, 5.41) is 5.61. The Balaban J connectivity index is 0.000000209. The van der Waals surface area contributed by atoms with Crippen molar-refractivity contribution in [2.45, 2.75) is 33.1 Å². The van der Waals surface area contributed by atoms with E-state index in [0.29, 0.717) is 0 Å². The van der Waals surface area contributed by atoms with Crippen LogP contribution in [-0.2, 0) is 25.5 Å². The van der Waals surface area contributed by atoms with E-state index >= 15 is 0 Å². The number of aryl methyl sites for hydroxylation is 1. The van der Waals surface area contributed by atoms with E-state index in [4.69, 9.17) is 9.40 Å². The molecule has 3 nitrogen and oxygen atoms in total. The van der Waals surface area contributed by atoms with Gasteiger partial charge in [-0.15, -0.1) is 65.4 Å². The summed E-state index contributed by atoms with van der Waals surface area (Å²) in [6.45, 7) is 8.82. The molecule has 0 aliphatic rings. The SMILES string of the molecule is Cc1cnc(-c2[c-]ccc3c2oc2c3ccc3ccsc32)cc1C(C)(C)C.[Ir].[c-]1ccccc1-c1ccccn1. The molecule has 40 heavy (non-hydrogen) atoms. The van der Waals surface area contributed by atoms with Gasteiger partial charge in [0.05, 0.1) is 10.3 Å². The summed E-state index contributed by atoms with van der Waals surface area (Å²) >= 11 is 1.72. The number of thiophene rings is 1. The minimum absolute atomic E-state index is 0. The van der Waals surface area contributed by atoms with Crippen molar-refractivity contribution in [3.05, 3.63) is 120 Å². The Labute approximate surface area is 252 Å². The van der Waals surface area contributed by atoms with E-state index in [0.717, 1.165) is 44.5 Å². The van der Waals surface area contributed by atoms with Crippen molar-refractivity contribution in [2.24, 2.45) is 0 Å².